The lowest BCUT2D eigenvalue weighted by atomic mass is 9.87. The highest BCUT2D eigenvalue weighted by molar-refractivity contribution is 5.70. The predicted molar refractivity (Wildman–Crippen MR) is 96.9 cm³/mol. The predicted octanol–water partition coefficient (Wildman–Crippen LogP) is 6.93. The van der Waals surface area contributed by atoms with Gasteiger partial charge in [-0.2, -0.15) is 0 Å². The molecule has 2 heteroatoms. The van der Waals surface area contributed by atoms with Crippen molar-refractivity contribution in [2.24, 2.45) is 0 Å². The molecule has 0 amide bonds. The van der Waals surface area contributed by atoms with Crippen LogP contribution in [0.1, 0.15) is 56.6 Å². The molecule has 0 nitrogen and oxygen atoms in total. The van der Waals surface area contributed by atoms with Crippen molar-refractivity contribution in [3.8, 4) is 11.1 Å². The molecule has 0 saturated carbocycles. The first-order chi connectivity index (χ1) is 11.7. The first kappa shape index (κ1) is 16.9. The van der Waals surface area contributed by atoms with Crippen LogP contribution in [-0.4, -0.2) is 0 Å². The molecule has 3 rings (SSSR count). The van der Waals surface area contributed by atoms with Gasteiger partial charge >= 0.3 is 0 Å². The number of benzene rings is 2. The van der Waals surface area contributed by atoms with E-state index in [1.807, 2.05) is 12.1 Å². The van der Waals surface area contributed by atoms with Gasteiger partial charge in [-0.05, 0) is 54.5 Å². The number of hydrogen-bond donors (Lipinski definition) is 0. The Morgan fingerprint density at radius 1 is 0.875 bits per heavy atom. The van der Waals surface area contributed by atoms with Crippen molar-refractivity contribution in [2.45, 2.75) is 51.9 Å². The zero-order valence-corrected chi connectivity index (χ0v) is 14.2. The molecule has 24 heavy (non-hydrogen) atoms. The zero-order chi connectivity index (χ0) is 16.9. The third kappa shape index (κ3) is 3.75. The van der Waals surface area contributed by atoms with E-state index in [1.54, 1.807) is 12.1 Å². The van der Waals surface area contributed by atoms with Gasteiger partial charge in [0, 0.05) is 5.56 Å². The van der Waals surface area contributed by atoms with Crippen molar-refractivity contribution in [2.75, 3.05) is 0 Å². The smallest absolute Gasteiger partial charge is 0.134 e. The Morgan fingerprint density at radius 2 is 1.67 bits per heavy atom. The van der Waals surface area contributed by atoms with Crippen molar-refractivity contribution in [3.05, 3.63) is 64.7 Å². The summed E-state index contributed by atoms with van der Waals surface area (Å²) in [6.07, 6.45) is 10.0. The van der Waals surface area contributed by atoms with Crippen molar-refractivity contribution >= 4 is 6.08 Å². The van der Waals surface area contributed by atoms with Crippen LogP contribution in [0, 0.1) is 11.6 Å². The molecule has 126 valence electrons. The Kier molecular flexibility index (Phi) is 5.44. The summed E-state index contributed by atoms with van der Waals surface area (Å²) in [7, 11) is 0. The molecule has 0 spiro atoms. The van der Waals surface area contributed by atoms with Crippen molar-refractivity contribution in [1.29, 1.82) is 0 Å². The molecule has 1 aliphatic rings. The molecule has 0 aromatic heterocycles. The lowest BCUT2D eigenvalue weighted by Crippen LogP contribution is -2.04. The van der Waals surface area contributed by atoms with Crippen molar-refractivity contribution in [3.63, 3.8) is 0 Å². The van der Waals surface area contributed by atoms with Gasteiger partial charge in [0.25, 0.3) is 0 Å². The lowest BCUT2D eigenvalue weighted by Gasteiger charge is -2.19. The van der Waals surface area contributed by atoms with E-state index in [0.29, 0.717) is 5.56 Å². The van der Waals surface area contributed by atoms with Crippen LogP contribution in [0.15, 0.2) is 42.0 Å². The van der Waals surface area contributed by atoms with Crippen LogP contribution in [-0.2, 0) is 6.42 Å². The van der Waals surface area contributed by atoms with Gasteiger partial charge in [0.05, 0.1) is 0 Å². The SMILES string of the molecule is CCCCCCC1=Cc2ccc(-c3ccc(F)cc3)c(F)c2CC1. The number of unbranched alkanes of at least 4 members (excludes halogenated alkanes) is 3. The molecule has 0 bridgehead atoms. The van der Waals surface area contributed by atoms with Gasteiger partial charge in [-0.1, -0.05) is 62.1 Å². The molecule has 0 radical (unpaired) electrons. The van der Waals surface area contributed by atoms with Crippen LogP contribution in [0.5, 0.6) is 0 Å². The van der Waals surface area contributed by atoms with E-state index in [2.05, 4.69) is 13.0 Å². The monoisotopic (exact) mass is 326 g/mol. The minimum absolute atomic E-state index is 0.152. The van der Waals surface area contributed by atoms with E-state index in [1.165, 1.54) is 43.4 Å². The van der Waals surface area contributed by atoms with E-state index in [0.717, 1.165) is 36.0 Å². The minimum atomic E-state index is -0.298. The summed E-state index contributed by atoms with van der Waals surface area (Å²) in [5.74, 6) is -0.451. The Hall–Kier alpha value is -1.96. The highest BCUT2D eigenvalue weighted by atomic mass is 19.1. The summed E-state index contributed by atoms with van der Waals surface area (Å²) in [4.78, 5) is 0. The molecule has 0 atom stereocenters. The fourth-order valence-corrected chi connectivity index (χ4v) is 3.43. The summed E-state index contributed by atoms with van der Waals surface area (Å²) in [5.41, 5.74) is 4.54. The van der Waals surface area contributed by atoms with E-state index >= 15 is 0 Å². The van der Waals surface area contributed by atoms with Gasteiger partial charge in [-0.25, -0.2) is 8.78 Å². The third-order valence-corrected chi connectivity index (χ3v) is 4.84. The summed E-state index contributed by atoms with van der Waals surface area (Å²) >= 11 is 0. The molecule has 2 aromatic rings. The highest BCUT2D eigenvalue weighted by Crippen LogP contribution is 2.33. The van der Waals surface area contributed by atoms with Crippen LogP contribution in [0.4, 0.5) is 8.78 Å². The largest absolute Gasteiger partial charge is 0.207 e. The Bertz CT molecular complexity index is 726. The minimum Gasteiger partial charge on any atom is -0.207 e. The first-order valence-corrected chi connectivity index (χ1v) is 8.96. The third-order valence-electron chi connectivity index (χ3n) is 4.84. The van der Waals surface area contributed by atoms with Crippen LogP contribution in [0.25, 0.3) is 17.2 Å². The number of fused-ring (bicyclic) bond motifs is 1. The van der Waals surface area contributed by atoms with Crippen LogP contribution < -0.4 is 0 Å². The lowest BCUT2D eigenvalue weighted by molar-refractivity contribution is 0.605. The molecular weight excluding hydrogens is 302 g/mol. The van der Waals surface area contributed by atoms with Gasteiger partial charge in [0.15, 0.2) is 0 Å². The van der Waals surface area contributed by atoms with Gasteiger partial charge < -0.3 is 0 Å². The molecule has 2 aromatic carbocycles. The summed E-state index contributed by atoms with van der Waals surface area (Å²) in [5, 5.41) is 0. The average Bonchev–Trinajstić information content (AvgIpc) is 2.60. The van der Waals surface area contributed by atoms with Crippen LogP contribution in [0.3, 0.4) is 0 Å². The summed E-state index contributed by atoms with van der Waals surface area (Å²) < 4.78 is 28.0. The average molecular weight is 326 g/mol. The maximum absolute atomic E-state index is 14.9. The second-order valence-corrected chi connectivity index (χ2v) is 6.62. The number of hydrogen-bond acceptors (Lipinski definition) is 0. The molecule has 0 saturated heterocycles. The maximum Gasteiger partial charge on any atom is 0.134 e. The Labute approximate surface area is 143 Å². The second kappa shape index (κ2) is 7.74. The molecule has 0 N–H and O–H groups in total. The Morgan fingerprint density at radius 3 is 2.42 bits per heavy atom. The number of rotatable bonds is 6. The van der Waals surface area contributed by atoms with E-state index < -0.39 is 0 Å². The summed E-state index contributed by atoms with van der Waals surface area (Å²) in [6, 6.07) is 9.85. The Balaban J connectivity index is 1.81. The van der Waals surface area contributed by atoms with E-state index in [4.69, 9.17) is 0 Å². The highest BCUT2D eigenvalue weighted by Gasteiger charge is 2.17. The summed E-state index contributed by atoms with van der Waals surface area (Å²) in [6.45, 7) is 2.22. The van der Waals surface area contributed by atoms with Gasteiger partial charge in [-0.3, -0.25) is 0 Å². The van der Waals surface area contributed by atoms with Gasteiger partial charge in [0.2, 0.25) is 0 Å². The fourth-order valence-electron chi connectivity index (χ4n) is 3.43. The van der Waals surface area contributed by atoms with Crippen LogP contribution >= 0.6 is 0 Å². The van der Waals surface area contributed by atoms with Gasteiger partial charge in [0.1, 0.15) is 11.6 Å². The zero-order valence-electron chi connectivity index (χ0n) is 14.2. The van der Waals surface area contributed by atoms with Crippen molar-refractivity contribution in [1.82, 2.24) is 0 Å². The van der Waals surface area contributed by atoms with Gasteiger partial charge in [-0.15, -0.1) is 0 Å². The topological polar surface area (TPSA) is 0 Å². The molecule has 0 fully saturated rings. The standard InChI is InChI=1S/C22H24F2/c1-2-3-4-5-6-16-7-13-21-18(15-16)10-14-20(22(21)24)17-8-11-19(23)12-9-17/h8-12,14-15H,2-7,13H2,1H3. The first-order valence-electron chi connectivity index (χ1n) is 8.96. The quantitative estimate of drug-likeness (QED) is 0.505. The molecule has 1 aliphatic carbocycles. The molecule has 0 unspecified atom stereocenters. The normalized spacial score (nSPS) is 13.5. The number of halogens is 2. The molecular formula is C22H24F2. The fraction of sp³-hybridized carbons (Fsp3) is 0.364. The second-order valence-electron chi connectivity index (χ2n) is 6.62. The van der Waals surface area contributed by atoms with Crippen molar-refractivity contribution < 1.29 is 8.78 Å². The maximum atomic E-state index is 14.9. The van der Waals surface area contributed by atoms with E-state index in [9.17, 15) is 8.78 Å². The molecule has 0 aliphatic heterocycles. The van der Waals surface area contributed by atoms with E-state index in [-0.39, 0.29) is 11.6 Å². The molecule has 0 heterocycles. The van der Waals surface area contributed by atoms with Crippen LogP contribution in [0.2, 0.25) is 0 Å². The number of allylic oxidation sites excluding steroid dienone is 1.